The molecule has 82 valence electrons. The predicted octanol–water partition coefficient (Wildman–Crippen LogP) is 1.06. The molecule has 0 spiro atoms. The maximum absolute atomic E-state index is 11.7. The summed E-state index contributed by atoms with van der Waals surface area (Å²) < 4.78 is 9.96. The van der Waals surface area contributed by atoms with Crippen LogP contribution in [0.15, 0.2) is 12.2 Å². The molecule has 1 saturated carbocycles. The summed E-state index contributed by atoms with van der Waals surface area (Å²) in [5.74, 6) is -0.539. The number of ether oxygens (including phenoxy) is 2. The fourth-order valence-corrected chi connectivity index (χ4v) is 2.64. The van der Waals surface area contributed by atoms with E-state index in [9.17, 15) is 9.59 Å². The van der Waals surface area contributed by atoms with E-state index >= 15 is 0 Å². The van der Waals surface area contributed by atoms with E-state index in [0.717, 1.165) is 6.42 Å². The molecule has 0 unspecified atom stereocenters. The van der Waals surface area contributed by atoms with Crippen molar-refractivity contribution in [2.45, 2.75) is 25.4 Å². The highest BCUT2D eigenvalue weighted by molar-refractivity contribution is 5.84. The maximum Gasteiger partial charge on any atom is 0.350 e. The quantitative estimate of drug-likeness (QED) is 0.505. The zero-order chi connectivity index (χ0) is 11.1. The Hall–Kier alpha value is -1.32. The lowest BCUT2D eigenvalue weighted by molar-refractivity contribution is -0.183. The first-order valence-corrected chi connectivity index (χ1v) is 5.05. The second-order valence-corrected chi connectivity index (χ2v) is 4.17. The number of allylic oxidation sites excluding steroid dienone is 1. The lowest BCUT2D eigenvalue weighted by atomic mass is 9.88. The molecular weight excluding hydrogens is 196 g/mol. The molecule has 0 aromatic rings. The van der Waals surface area contributed by atoms with Crippen molar-refractivity contribution in [1.29, 1.82) is 0 Å². The molecule has 1 fully saturated rings. The molecule has 0 aromatic carbocycles. The van der Waals surface area contributed by atoms with Crippen LogP contribution in [-0.2, 0) is 19.1 Å². The number of fused-ring (bicyclic) bond motifs is 2. The molecule has 4 nitrogen and oxygen atoms in total. The van der Waals surface area contributed by atoms with Crippen LogP contribution in [0.4, 0.5) is 0 Å². The molecule has 2 aliphatic carbocycles. The highest BCUT2D eigenvalue weighted by atomic mass is 16.6. The third-order valence-electron chi connectivity index (χ3n) is 3.19. The Morgan fingerprint density at radius 2 is 2.13 bits per heavy atom. The second-order valence-electron chi connectivity index (χ2n) is 4.17. The lowest BCUT2D eigenvalue weighted by Gasteiger charge is -2.31. The summed E-state index contributed by atoms with van der Waals surface area (Å²) in [7, 11) is 1.32. The number of hydrogen-bond acceptors (Lipinski definition) is 4. The van der Waals surface area contributed by atoms with Crippen LogP contribution in [0.2, 0.25) is 0 Å². The zero-order valence-corrected chi connectivity index (χ0v) is 8.86. The molecule has 4 heteroatoms. The van der Waals surface area contributed by atoms with E-state index in [2.05, 4.69) is 6.08 Å². The van der Waals surface area contributed by atoms with Crippen molar-refractivity contribution in [3.63, 3.8) is 0 Å². The van der Waals surface area contributed by atoms with Gasteiger partial charge in [-0.2, -0.15) is 0 Å². The number of methoxy groups -OCH3 is 1. The second kappa shape index (κ2) is 3.36. The fourth-order valence-electron chi connectivity index (χ4n) is 2.64. The van der Waals surface area contributed by atoms with E-state index in [-0.39, 0.29) is 5.92 Å². The van der Waals surface area contributed by atoms with Gasteiger partial charge in [0.05, 0.1) is 7.11 Å². The molecule has 3 atom stereocenters. The van der Waals surface area contributed by atoms with Gasteiger partial charge in [0.1, 0.15) is 0 Å². The van der Waals surface area contributed by atoms with Crippen molar-refractivity contribution in [1.82, 2.24) is 0 Å². The molecule has 2 rings (SSSR count). The maximum atomic E-state index is 11.7. The van der Waals surface area contributed by atoms with Gasteiger partial charge in [0.15, 0.2) is 0 Å². The molecule has 0 N–H and O–H groups in total. The third kappa shape index (κ3) is 1.44. The van der Waals surface area contributed by atoms with Gasteiger partial charge in [-0.1, -0.05) is 12.2 Å². The first-order valence-electron chi connectivity index (χ1n) is 5.05. The first-order chi connectivity index (χ1) is 7.08. The van der Waals surface area contributed by atoms with Gasteiger partial charge in [0, 0.05) is 19.3 Å². The molecule has 0 amide bonds. The molecular formula is C11H14O4. The Morgan fingerprint density at radius 3 is 2.53 bits per heavy atom. The van der Waals surface area contributed by atoms with E-state index < -0.39 is 17.5 Å². The number of rotatable bonds is 2. The van der Waals surface area contributed by atoms with Gasteiger partial charge < -0.3 is 9.47 Å². The average Bonchev–Trinajstić information content (AvgIpc) is 2.75. The van der Waals surface area contributed by atoms with Crippen LogP contribution in [0.25, 0.3) is 0 Å². The van der Waals surface area contributed by atoms with Crippen molar-refractivity contribution in [3.8, 4) is 0 Å². The van der Waals surface area contributed by atoms with Crippen molar-refractivity contribution >= 4 is 11.9 Å². The van der Waals surface area contributed by atoms with E-state index in [1.165, 1.54) is 14.0 Å². The van der Waals surface area contributed by atoms with E-state index in [1.807, 2.05) is 6.08 Å². The third-order valence-corrected chi connectivity index (χ3v) is 3.19. The summed E-state index contributed by atoms with van der Waals surface area (Å²) in [6.45, 7) is 1.32. The van der Waals surface area contributed by atoms with E-state index in [1.54, 1.807) is 0 Å². The van der Waals surface area contributed by atoms with Gasteiger partial charge in [-0.3, -0.25) is 4.79 Å². The summed E-state index contributed by atoms with van der Waals surface area (Å²) in [5.41, 5.74) is -1.06. The summed E-state index contributed by atoms with van der Waals surface area (Å²) in [5, 5.41) is 0. The van der Waals surface area contributed by atoms with Gasteiger partial charge in [-0.15, -0.1) is 0 Å². The Kier molecular flexibility index (Phi) is 2.29. The normalized spacial score (nSPS) is 36.7. The molecule has 0 aliphatic heterocycles. The minimum Gasteiger partial charge on any atom is -0.466 e. The van der Waals surface area contributed by atoms with Gasteiger partial charge in [0.25, 0.3) is 0 Å². The van der Waals surface area contributed by atoms with Crippen molar-refractivity contribution in [2.75, 3.05) is 7.11 Å². The topological polar surface area (TPSA) is 52.6 Å². The highest BCUT2D eigenvalue weighted by Gasteiger charge is 2.57. The summed E-state index contributed by atoms with van der Waals surface area (Å²) in [6.07, 6.45) is 5.46. The Labute approximate surface area is 88.2 Å². The van der Waals surface area contributed by atoms with Crippen LogP contribution in [-0.4, -0.2) is 24.6 Å². The zero-order valence-electron chi connectivity index (χ0n) is 8.86. The minimum atomic E-state index is -1.06. The van der Waals surface area contributed by atoms with Crippen LogP contribution in [0, 0.1) is 11.8 Å². The SMILES string of the molecule is COC(=O)[C@@]1(OC(C)=O)C[C@@H]2C=C[C@H]1C2. The monoisotopic (exact) mass is 210 g/mol. The molecule has 2 bridgehead atoms. The largest absolute Gasteiger partial charge is 0.466 e. The molecule has 0 saturated heterocycles. The summed E-state index contributed by atoms with van der Waals surface area (Å²) in [4.78, 5) is 22.8. The number of hydrogen-bond donors (Lipinski definition) is 0. The highest BCUT2D eigenvalue weighted by Crippen LogP contribution is 2.49. The first kappa shape index (κ1) is 10.2. The van der Waals surface area contributed by atoms with Gasteiger partial charge >= 0.3 is 11.9 Å². The smallest absolute Gasteiger partial charge is 0.350 e. The van der Waals surface area contributed by atoms with Crippen LogP contribution in [0.3, 0.4) is 0 Å². The summed E-state index contributed by atoms with van der Waals surface area (Å²) >= 11 is 0. The molecule has 0 heterocycles. The number of carbonyl (C=O) groups is 2. The molecule has 2 aliphatic rings. The Balaban J connectivity index is 2.28. The molecule has 15 heavy (non-hydrogen) atoms. The Morgan fingerprint density at radius 1 is 1.40 bits per heavy atom. The van der Waals surface area contributed by atoms with Crippen LogP contribution >= 0.6 is 0 Å². The lowest BCUT2D eigenvalue weighted by Crippen LogP contribution is -2.47. The van der Waals surface area contributed by atoms with E-state index in [4.69, 9.17) is 9.47 Å². The van der Waals surface area contributed by atoms with Gasteiger partial charge in [0.2, 0.25) is 5.60 Å². The van der Waals surface area contributed by atoms with Gasteiger partial charge in [-0.05, 0) is 12.3 Å². The van der Waals surface area contributed by atoms with Gasteiger partial charge in [-0.25, -0.2) is 4.79 Å². The minimum absolute atomic E-state index is 0.0150. The number of esters is 2. The van der Waals surface area contributed by atoms with Crippen molar-refractivity contribution < 1.29 is 19.1 Å². The average molecular weight is 210 g/mol. The summed E-state index contributed by atoms with van der Waals surface area (Å²) in [6, 6.07) is 0. The molecule has 0 radical (unpaired) electrons. The molecule has 0 aromatic heterocycles. The fraction of sp³-hybridized carbons (Fsp3) is 0.636. The Bertz CT molecular complexity index is 333. The van der Waals surface area contributed by atoms with Crippen LogP contribution < -0.4 is 0 Å². The predicted molar refractivity (Wildman–Crippen MR) is 51.9 cm³/mol. The van der Waals surface area contributed by atoms with E-state index in [0.29, 0.717) is 12.3 Å². The number of carbonyl (C=O) groups excluding carboxylic acids is 2. The van der Waals surface area contributed by atoms with Crippen molar-refractivity contribution in [2.24, 2.45) is 11.8 Å². The standard InChI is InChI=1S/C11H14O4/c1-7(12)15-11(10(13)14-2)6-8-3-4-9(11)5-8/h3-4,8-9H,5-6H2,1-2H3/t8-,9+,11-/m1/s1. The van der Waals surface area contributed by atoms with Crippen LogP contribution in [0.1, 0.15) is 19.8 Å². The van der Waals surface area contributed by atoms with Crippen LogP contribution in [0.5, 0.6) is 0 Å². The van der Waals surface area contributed by atoms with Crippen molar-refractivity contribution in [3.05, 3.63) is 12.2 Å².